The second kappa shape index (κ2) is 4.91. The summed E-state index contributed by atoms with van der Waals surface area (Å²) in [6, 6.07) is 6.02. The first kappa shape index (κ1) is 13.4. The fourth-order valence-corrected chi connectivity index (χ4v) is 2.76. The fourth-order valence-electron chi connectivity index (χ4n) is 1.56. The van der Waals surface area contributed by atoms with Gasteiger partial charge in [0.1, 0.15) is 0 Å². The zero-order valence-corrected chi connectivity index (χ0v) is 10.6. The molecule has 0 aliphatic heterocycles. The van der Waals surface area contributed by atoms with Gasteiger partial charge >= 0.3 is 6.18 Å². The predicted molar refractivity (Wildman–Crippen MR) is 66.8 cm³/mol. The van der Waals surface area contributed by atoms with Gasteiger partial charge in [-0.3, -0.25) is 0 Å². The van der Waals surface area contributed by atoms with Gasteiger partial charge in [0.2, 0.25) is 0 Å². The Labute approximate surface area is 111 Å². The summed E-state index contributed by atoms with van der Waals surface area (Å²) in [4.78, 5) is 0.747. The van der Waals surface area contributed by atoms with Gasteiger partial charge in [-0.05, 0) is 29.1 Å². The zero-order chi connectivity index (χ0) is 13.3. The van der Waals surface area contributed by atoms with Crippen LogP contribution in [0.2, 0.25) is 5.02 Å². The summed E-state index contributed by atoms with van der Waals surface area (Å²) in [5.41, 5.74) is 5.88. The first-order chi connectivity index (χ1) is 8.39. The van der Waals surface area contributed by atoms with Crippen LogP contribution in [0.4, 0.5) is 13.2 Å². The van der Waals surface area contributed by atoms with E-state index in [4.69, 9.17) is 17.3 Å². The number of hydrogen-bond acceptors (Lipinski definition) is 2. The molecule has 1 atom stereocenters. The van der Waals surface area contributed by atoms with Gasteiger partial charge < -0.3 is 5.73 Å². The van der Waals surface area contributed by atoms with E-state index >= 15 is 0 Å². The second-order valence-corrected chi connectivity index (χ2v) is 5.09. The fraction of sp³-hybridized carbons (Fsp3) is 0.167. The van der Waals surface area contributed by atoms with E-state index < -0.39 is 17.8 Å². The molecule has 6 heteroatoms. The molecule has 2 aromatic rings. The molecular weight excluding hydrogens is 283 g/mol. The lowest BCUT2D eigenvalue weighted by atomic mass is 10.0. The standard InChI is InChI=1S/C12H9ClF3NS/c13-9-5-6-18-11(9)10(17)7-1-3-8(4-2-7)12(14,15)16/h1-6,10H,17H2. The molecule has 1 heterocycles. The van der Waals surface area contributed by atoms with Crippen molar-refractivity contribution in [2.75, 3.05) is 0 Å². The van der Waals surface area contributed by atoms with Crippen LogP contribution in [0.15, 0.2) is 35.7 Å². The van der Waals surface area contributed by atoms with Gasteiger partial charge in [-0.25, -0.2) is 0 Å². The number of benzene rings is 1. The van der Waals surface area contributed by atoms with E-state index in [1.54, 1.807) is 11.4 Å². The minimum atomic E-state index is -4.33. The van der Waals surface area contributed by atoms with Crippen molar-refractivity contribution in [1.82, 2.24) is 0 Å². The lowest BCUT2D eigenvalue weighted by Crippen LogP contribution is -2.11. The van der Waals surface area contributed by atoms with Crippen molar-refractivity contribution in [3.8, 4) is 0 Å². The third-order valence-electron chi connectivity index (χ3n) is 2.52. The zero-order valence-electron chi connectivity index (χ0n) is 9.04. The molecule has 0 radical (unpaired) electrons. The topological polar surface area (TPSA) is 26.0 Å². The molecule has 2 rings (SSSR count). The number of thiophene rings is 1. The van der Waals surface area contributed by atoms with Gasteiger partial charge in [-0.2, -0.15) is 13.2 Å². The van der Waals surface area contributed by atoms with Crippen molar-refractivity contribution in [1.29, 1.82) is 0 Å². The van der Waals surface area contributed by atoms with Gasteiger partial charge in [-0.1, -0.05) is 23.7 Å². The molecule has 1 aromatic heterocycles. The summed E-state index contributed by atoms with van der Waals surface area (Å²) >= 11 is 7.32. The van der Waals surface area contributed by atoms with Crippen LogP contribution in [0, 0.1) is 0 Å². The summed E-state index contributed by atoms with van der Waals surface area (Å²) in [6.07, 6.45) is -4.33. The Balaban J connectivity index is 2.28. The van der Waals surface area contributed by atoms with E-state index in [1.165, 1.54) is 23.5 Å². The monoisotopic (exact) mass is 291 g/mol. The lowest BCUT2D eigenvalue weighted by Gasteiger charge is -2.12. The van der Waals surface area contributed by atoms with Gasteiger partial charge in [0.15, 0.2) is 0 Å². The average molecular weight is 292 g/mol. The molecule has 0 amide bonds. The molecule has 2 N–H and O–H groups in total. The number of alkyl halides is 3. The molecule has 1 nitrogen and oxygen atoms in total. The Morgan fingerprint density at radius 2 is 1.72 bits per heavy atom. The van der Waals surface area contributed by atoms with Crippen molar-refractivity contribution >= 4 is 22.9 Å². The summed E-state index contributed by atoms with van der Waals surface area (Å²) in [7, 11) is 0. The first-order valence-corrected chi connectivity index (χ1v) is 6.31. The normalized spacial score (nSPS) is 13.6. The Morgan fingerprint density at radius 1 is 1.11 bits per heavy atom. The smallest absolute Gasteiger partial charge is 0.320 e. The molecule has 0 bridgehead atoms. The van der Waals surface area contributed by atoms with Crippen LogP contribution < -0.4 is 5.73 Å². The quantitative estimate of drug-likeness (QED) is 0.868. The number of rotatable bonds is 2. The van der Waals surface area contributed by atoms with Crippen LogP contribution in [-0.4, -0.2) is 0 Å². The summed E-state index contributed by atoms with van der Waals surface area (Å²) in [5, 5.41) is 2.33. The second-order valence-electron chi connectivity index (χ2n) is 3.73. The molecule has 0 saturated carbocycles. The third kappa shape index (κ3) is 2.68. The first-order valence-electron chi connectivity index (χ1n) is 5.05. The highest BCUT2D eigenvalue weighted by atomic mass is 35.5. The molecule has 0 aliphatic carbocycles. The Morgan fingerprint density at radius 3 is 2.17 bits per heavy atom. The number of halogens is 4. The van der Waals surface area contributed by atoms with E-state index in [-0.39, 0.29) is 0 Å². The Hall–Kier alpha value is -1.04. The molecule has 0 spiro atoms. The maximum Gasteiger partial charge on any atom is 0.416 e. The van der Waals surface area contributed by atoms with E-state index in [9.17, 15) is 13.2 Å². The maximum atomic E-state index is 12.4. The van der Waals surface area contributed by atoms with Gasteiger partial charge in [-0.15, -0.1) is 11.3 Å². The Kier molecular flexibility index (Phi) is 3.66. The van der Waals surface area contributed by atoms with Crippen LogP contribution in [0.5, 0.6) is 0 Å². The predicted octanol–water partition coefficient (Wildman–Crippen LogP) is 4.47. The van der Waals surface area contributed by atoms with Crippen molar-refractivity contribution < 1.29 is 13.2 Å². The molecule has 96 valence electrons. The number of hydrogen-bond donors (Lipinski definition) is 1. The van der Waals surface area contributed by atoms with Crippen LogP contribution in [0.1, 0.15) is 22.0 Å². The molecule has 18 heavy (non-hydrogen) atoms. The molecule has 0 saturated heterocycles. The highest BCUT2D eigenvalue weighted by Gasteiger charge is 2.30. The highest BCUT2D eigenvalue weighted by molar-refractivity contribution is 7.10. The van der Waals surface area contributed by atoms with Crippen molar-refractivity contribution in [2.45, 2.75) is 12.2 Å². The minimum absolute atomic E-state index is 0.500. The van der Waals surface area contributed by atoms with E-state index in [0.717, 1.165) is 17.0 Å². The summed E-state index contributed by atoms with van der Waals surface area (Å²) in [5.74, 6) is 0. The van der Waals surface area contributed by atoms with Gasteiger partial charge in [0, 0.05) is 4.88 Å². The van der Waals surface area contributed by atoms with Gasteiger partial charge in [0.05, 0.1) is 16.6 Å². The van der Waals surface area contributed by atoms with E-state index in [2.05, 4.69) is 0 Å². The summed E-state index contributed by atoms with van der Waals surface area (Å²) < 4.78 is 37.2. The van der Waals surface area contributed by atoms with Crippen LogP contribution >= 0.6 is 22.9 Å². The number of nitrogens with two attached hydrogens (primary N) is 1. The average Bonchev–Trinajstić information content (AvgIpc) is 2.73. The molecule has 0 aliphatic rings. The van der Waals surface area contributed by atoms with Crippen molar-refractivity contribution in [2.24, 2.45) is 5.73 Å². The van der Waals surface area contributed by atoms with Crippen LogP contribution in [0.25, 0.3) is 0 Å². The summed E-state index contributed by atoms with van der Waals surface area (Å²) in [6.45, 7) is 0. The van der Waals surface area contributed by atoms with Crippen LogP contribution in [0.3, 0.4) is 0 Å². The largest absolute Gasteiger partial charge is 0.416 e. The van der Waals surface area contributed by atoms with Crippen LogP contribution in [-0.2, 0) is 6.18 Å². The molecule has 0 fully saturated rings. The minimum Gasteiger partial charge on any atom is -0.320 e. The van der Waals surface area contributed by atoms with Gasteiger partial charge in [0.25, 0.3) is 0 Å². The van der Waals surface area contributed by atoms with E-state index in [0.29, 0.717) is 10.6 Å². The Bertz CT molecular complexity index is 533. The van der Waals surface area contributed by atoms with Crippen molar-refractivity contribution in [3.63, 3.8) is 0 Å². The molecular formula is C12H9ClF3NS. The molecule has 1 unspecified atom stereocenters. The molecule has 1 aromatic carbocycles. The lowest BCUT2D eigenvalue weighted by molar-refractivity contribution is -0.137. The highest BCUT2D eigenvalue weighted by Crippen LogP contribution is 2.33. The van der Waals surface area contributed by atoms with Crippen molar-refractivity contribution in [3.05, 3.63) is 56.7 Å². The third-order valence-corrected chi connectivity index (χ3v) is 3.97. The SMILES string of the molecule is NC(c1ccc(C(F)(F)F)cc1)c1sccc1Cl. The van der Waals surface area contributed by atoms with E-state index in [1.807, 2.05) is 0 Å². The maximum absolute atomic E-state index is 12.4.